The molecule has 1 amide bonds. The number of morpholine rings is 1. The smallest absolute Gasteiger partial charge is 0.244 e. The van der Waals surface area contributed by atoms with Gasteiger partial charge in [-0.25, -0.2) is 9.50 Å². The topological polar surface area (TPSA) is 108 Å². The van der Waals surface area contributed by atoms with Gasteiger partial charge in [0.05, 0.1) is 36.7 Å². The van der Waals surface area contributed by atoms with E-state index >= 15 is 0 Å². The van der Waals surface area contributed by atoms with E-state index in [0.717, 1.165) is 52.2 Å². The summed E-state index contributed by atoms with van der Waals surface area (Å²) in [6.07, 6.45) is 9.13. The van der Waals surface area contributed by atoms with Gasteiger partial charge in [-0.15, -0.1) is 0 Å². The molecule has 0 spiro atoms. The van der Waals surface area contributed by atoms with E-state index in [4.69, 9.17) is 9.72 Å². The SMILES string of the molecule is C.Cn1cc(-c2cc(-c3ccc(N4CCN(C(=O)C(c5ccccc5)N5CCOCC5)CC4)nc3)c3c(C#N)cnn3c2)cn1. The van der Waals surface area contributed by atoms with Crippen LogP contribution in [-0.2, 0) is 16.6 Å². The first kappa shape index (κ1) is 30.0. The molecule has 11 nitrogen and oxygen atoms in total. The molecule has 230 valence electrons. The van der Waals surface area contributed by atoms with E-state index in [2.05, 4.69) is 32.1 Å². The maximum absolute atomic E-state index is 13.9. The minimum Gasteiger partial charge on any atom is -0.379 e. The molecule has 6 heterocycles. The van der Waals surface area contributed by atoms with Crippen molar-refractivity contribution in [3.8, 4) is 28.3 Å². The fourth-order valence-corrected chi connectivity index (χ4v) is 6.19. The van der Waals surface area contributed by atoms with Crippen molar-refractivity contribution in [3.05, 3.63) is 90.6 Å². The highest BCUT2D eigenvalue weighted by atomic mass is 16.5. The molecule has 1 aromatic carbocycles. The predicted octanol–water partition coefficient (Wildman–Crippen LogP) is 4.03. The highest BCUT2D eigenvalue weighted by Gasteiger charge is 2.34. The molecule has 2 fully saturated rings. The molecule has 11 heteroatoms. The number of anilines is 1. The van der Waals surface area contributed by atoms with Crippen LogP contribution >= 0.6 is 0 Å². The lowest BCUT2D eigenvalue weighted by Gasteiger charge is -2.40. The average molecular weight is 604 g/mol. The Morgan fingerprint density at radius 1 is 0.889 bits per heavy atom. The molecule has 1 unspecified atom stereocenters. The molecule has 0 aliphatic carbocycles. The zero-order valence-corrected chi connectivity index (χ0v) is 24.6. The quantitative estimate of drug-likeness (QED) is 0.286. The number of benzene rings is 1. The molecule has 1 atom stereocenters. The monoisotopic (exact) mass is 603 g/mol. The van der Waals surface area contributed by atoms with Gasteiger partial charge in [0, 0.05) is 87.2 Å². The maximum atomic E-state index is 13.9. The van der Waals surface area contributed by atoms with Crippen LogP contribution in [0.4, 0.5) is 5.82 Å². The van der Waals surface area contributed by atoms with Gasteiger partial charge in [-0.05, 0) is 23.8 Å². The summed E-state index contributed by atoms with van der Waals surface area (Å²) in [6, 6.07) is 18.2. The van der Waals surface area contributed by atoms with Crippen molar-refractivity contribution in [2.24, 2.45) is 7.05 Å². The van der Waals surface area contributed by atoms with Gasteiger partial charge in [-0.1, -0.05) is 37.8 Å². The number of carbonyl (C=O) groups is 1. The van der Waals surface area contributed by atoms with Crippen molar-refractivity contribution in [1.82, 2.24) is 34.2 Å². The minimum absolute atomic E-state index is 0. The molecule has 2 saturated heterocycles. The number of pyridine rings is 2. The number of piperazine rings is 1. The molecule has 0 saturated carbocycles. The van der Waals surface area contributed by atoms with Crippen LogP contribution in [-0.4, -0.2) is 92.6 Å². The number of nitrogens with zero attached hydrogens (tertiary/aromatic N) is 9. The standard InChI is InChI=1S/C33H33N9O2.CH4/c1-38-22-28(21-36-38)26-17-29(31-27(18-34)20-37-42(31)23-26)25-7-8-30(35-19-25)39-9-11-41(12-10-39)33(43)32(24-5-3-2-4-6-24)40-13-15-44-16-14-40;/h2-8,17,19-23,32H,9-16H2,1H3;1H4. The Kier molecular flexibility index (Phi) is 8.60. The van der Waals surface area contributed by atoms with Crippen LogP contribution in [0.3, 0.4) is 0 Å². The van der Waals surface area contributed by atoms with Crippen LogP contribution in [0.2, 0.25) is 0 Å². The molecule has 0 radical (unpaired) electrons. The summed E-state index contributed by atoms with van der Waals surface area (Å²) in [5, 5.41) is 18.5. The number of fused-ring (bicyclic) bond motifs is 1. The Morgan fingerprint density at radius 2 is 1.67 bits per heavy atom. The lowest BCUT2D eigenvalue weighted by Crippen LogP contribution is -2.53. The van der Waals surface area contributed by atoms with Crippen LogP contribution < -0.4 is 4.90 Å². The molecular weight excluding hydrogens is 566 g/mol. The number of rotatable bonds is 6. The van der Waals surface area contributed by atoms with Crippen molar-refractivity contribution >= 4 is 17.2 Å². The number of aryl methyl sites for hydroxylation is 1. The molecule has 2 aliphatic rings. The normalized spacial score (nSPS) is 16.3. The van der Waals surface area contributed by atoms with E-state index in [1.807, 2.05) is 79.2 Å². The van der Waals surface area contributed by atoms with Crippen LogP contribution in [0, 0.1) is 11.3 Å². The lowest BCUT2D eigenvalue weighted by molar-refractivity contribution is -0.139. The third kappa shape index (κ3) is 5.90. The predicted molar refractivity (Wildman–Crippen MR) is 172 cm³/mol. The molecule has 0 bridgehead atoms. The van der Waals surface area contributed by atoms with E-state index in [1.165, 1.54) is 0 Å². The van der Waals surface area contributed by atoms with Crippen molar-refractivity contribution in [3.63, 3.8) is 0 Å². The van der Waals surface area contributed by atoms with E-state index in [9.17, 15) is 10.1 Å². The summed E-state index contributed by atoms with van der Waals surface area (Å²) in [5.74, 6) is 1.01. The van der Waals surface area contributed by atoms with Crippen molar-refractivity contribution in [1.29, 1.82) is 5.26 Å². The first-order chi connectivity index (χ1) is 21.6. The largest absolute Gasteiger partial charge is 0.379 e. The van der Waals surface area contributed by atoms with Gasteiger partial charge in [0.2, 0.25) is 5.91 Å². The fraction of sp³-hybridized carbons (Fsp3) is 0.324. The summed E-state index contributed by atoms with van der Waals surface area (Å²) < 4.78 is 9.07. The summed E-state index contributed by atoms with van der Waals surface area (Å²) in [7, 11) is 1.88. The molecule has 5 aromatic rings. The highest BCUT2D eigenvalue weighted by molar-refractivity contribution is 5.87. The Bertz CT molecular complexity index is 1810. The third-order valence-electron chi connectivity index (χ3n) is 8.50. The first-order valence-corrected chi connectivity index (χ1v) is 14.9. The average Bonchev–Trinajstić information content (AvgIpc) is 3.71. The zero-order chi connectivity index (χ0) is 30.0. The molecule has 4 aromatic heterocycles. The number of aromatic nitrogens is 5. The van der Waals surface area contributed by atoms with E-state index in [1.54, 1.807) is 15.4 Å². The van der Waals surface area contributed by atoms with Gasteiger partial charge in [0.1, 0.15) is 17.9 Å². The number of carbonyl (C=O) groups excluding carboxylic acids is 1. The Morgan fingerprint density at radius 3 is 2.33 bits per heavy atom. The summed E-state index contributed by atoms with van der Waals surface area (Å²) in [5.41, 5.74) is 5.97. The molecule has 7 rings (SSSR count). The van der Waals surface area contributed by atoms with E-state index in [0.29, 0.717) is 45.0 Å². The fourth-order valence-electron chi connectivity index (χ4n) is 6.19. The maximum Gasteiger partial charge on any atom is 0.244 e. The minimum atomic E-state index is -0.301. The van der Waals surface area contributed by atoms with Crippen LogP contribution in [0.25, 0.3) is 27.8 Å². The first-order valence-electron chi connectivity index (χ1n) is 14.9. The second-order valence-corrected chi connectivity index (χ2v) is 11.2. The number of ether oxygens (including phenoxy) is 1. The third-order valence-corrected chi connectivity index (χ3v) is 8.50. The zero-order valence-electron chi connectivity index (χ0n) is 24.6. The van der Waals surface area contributed by atoms with Gasteiger partial charge in [0.15, 0.2) is 0 Å². The number of amides is 1. The van der Waals surface area contributed by atoms with Gasteiger partial charge < -0.3 is 14.5 Å². The van der Waals surface area contributed by atoms with Crippen LogP contribution in [0.15, 0.2) is 79.5 Å². The Labute approximate surface area is 262 Å². The number of nitriles is 1. The summed E-state index contributed by atoms with van der Waals surface area (Å²) in [4.78, 5) is 25.2. The Balaban J connectivity index is 0.00000357. The number of hydrogen-bond donors (Lipinski definition) is 0. The number of hydrogen-bond acceptors (Lipinski definition) is 8. The van der Waals surface area contributed by atoms with Crippen molar-refractivity contribution in [2.75, 3.05) is 57.4 Å². The second kappa shape index (κ2) is 12.9. The second-order valence-electron chi connectivity index (χ2n) is 11.2. The van der Waals surface area contributed by atoms with Gasteiger partial charge in [0.25, 0.3) is 0 Å². The van der Waals surface area contributed by atoms with Gasteiger partial charge in [-0.2, -0.15) is 15.5 Å². The lowest BCUT2D eigenvalue weighted by atomic mass is 10.0. The van der Waals surface area contributed by atoms with Crippen LogP contribution in [0.5, 0.6) is 0 Å². The Hall–Kier alpha value is -5.05. The molecule has 2 aliphatic heterocycles. The van der Waals surface area contributed by atoms with Crippen molar-refractivity contribution < 1.29 is 9.53 Å². The molecular formula is C34H37N9O2. The summed E-state index contributed by atoms with van der Waals surface area (Å²) >= 11 is 0. The molecule has 0 N–H and O–H groups in total. The van der Waals surface area contributed by atoms with Gasteiger partial charge in [-0.3, -0.25) is 14.4 Å². The van der Waals surface area contributed by atoms with Crippen molar-refractivity contribution in [2.45, 2.75) is 13.5 Å². The highest BCUT2D eigenvalue weighted by Crippen LogP contribution is 2.32. The van der Waals surface area contributed by atoms with E-state index in [-0.39, 0.29) is 19.4 Å². The van der Waals surface area contributed by atoms with Gasteiger partial charge >= 0.3 is 0 Å². The van der Waals surface area contributed by atoms with Crippen LogP contribution in [0.1, 0.15) is 24.6 Å². The molecule has 45 heavy (non-hydrogen) atoms. The summed E-state index contributed by atoms with van der Waals surface area (Å²) in [6.45, 7) is 5.43. The van der Waals surface area contributed by atoms with E-state index < -0.39 is 0 Å².